The fraction of sp³-hybridized carbons (Fsp3) is 0.588. The Balaban J connectivity index is 3.03. The average molecular weight is 308 g/mol. The third-order valence-electron chi connectivity index (χ3n) is 4.37. The van der Waals surface area contributed by atoms with E-state index in [1.54, 1.807) is 0 Å². The molecule has 0 heterocycles. The molecule has 0 aliphatic carbocycles. The van der Waals surface area contributed by atoms with Crippen molar-refractivity contribution in [2.75, 3.05) is 7.11 Å². The van der Waals surface area contributed by atoms with Crippen LogP contribution in [0.4, 0.5) is 0 Å². The summed E-state index contributed by atoms with van der Waals surface area (Å²) in [6.07, 6.45) is -0.208. The second kappa shape index (κ2) is 6.75. The Labute approximate surface area is 129 Å². The van der Waals surface area contributed by atoms with Crippen molar-refractivity contribution in [3.8, 4) is 0 Å². The Bertz CT molecular complexity index is 463. The Morgan fingerprint density at radius 2 is 1.67 bits per heavy atom. The highest BCUT2D eigenvalue weighted by Gasteiger charge is 2.41. The summed E-state index contributed by atoms with van der Waals surface area (Å²) < 4.78 is 11.4. The number of esters is 1. The SMILES string of the molecule is COC(=O)[C@H](c1ccccc1)[C@H](C)O[Si](C)(C)C(C)(C)C. The van der Waals surface area contributed by atoms with E-state index in [0.29, 0.717) is 0 Å². The number of hydrogen-bond acceptors (Lipinski definition) is 3. The van der Waals surface area contributed by atoms with Crippen LogP contribution in [0, 0.1) is 0 Å². The molecular weight excluding hydrogens is 280 g/mol. The number of carbonyl (C=O) groups is 1. The lowest BCUT2D eigenvalue weighted by molar-refractivity contribution is -0.144. The molecule has 2 atom stereocenters. The quantitative estimate of drug-likeness (QED) is 0.599. The number of ether oxygens (including phenoxy) is 1. The van der Waals surface area contributed by atoms with Gasteiger partial charge in [0.1, 0.15) is 5.92 Å². The molecule has 3 nitrogen and oxygen atoms in total. The van der Waals surface area contributed by atoms with Gasteiger partial charge < -0.3 is 9.16 Å². The highest BCUT2D eigenvalue weighted by Crippen LogP contribution is 2.39. The molecular formula is C17H28O3Si. The van der Waals surface area contributed by atoms with Crippen molar-refractivity contribution < 1.29 is 14.0 Å². The second-order valence-electron chi connectivity index (χ2n) is 6.99. The summed E-state index contributed by atoms with van der Waals surface area (Å²) in [5.74, 6) is -0.627. The van der Waals surface area contributed by atoms with E-state index >= 15 is 0 Å². The van der Waals surface area contributed by atoms with Crippen LogP contribution in [-0.2, 0) is 14.0 Å². The first kappa shape index (κ1) is 17.9. The molecule has 0 bridgehead atoms. The van der Waals surface area contributed by atoms with Gasteiger partial charge in [0.25, 0.3) is 0 Å². The van der Waals surface area contributed by atoms with Crippen molar-refractivity contribution >= 4 is 14.3 Å². The number of rotatable bonds is 5. The van der Waals surface area contributed by atoms with E-state index in [-0.39, 0.29) is 23.0 Å². The van der Waals surface area contributed by atoms with Crippen LogP contribution in [0.3, 0.4) is 0 Å². The predicted molar refractivity (Wildman–Crippen MR) is 88.9 cm³/mol. The maximum atomic E-state index is 12.2. The lowest BCUT2D eigenvalue weighted by atomic mass is 9.94. The van der Waals surface area contributed by atoms with Gasteiger partial charge in [0.15, 0.2) is 8.32 Å². The van der Waals surface area contributed by atoms with Gasteiger partial charge in [-0.1, -0.05) is 51.1 Å². The minimum atomic E-state index is -1.93. The van der Waals surface area contributed by atoms with Crippen molar-refractivity contribution in [1.29, 1.82) is 0 Å². The molecule has 0 saturated carbocycles. The van der Waals surface area contributed by atoms with Crippen LogP contribution in [-0.4, -0.2) is 27.5 Å². The molecule has 0 radical (unpaired) electrons. The molecule has 0 N–H and O–H groups in total. The third kappa shape index (κ3) is 4.42. The van der Waals surface area contributed by atoms with E-state index < -0.39 is 8.32 Å². The lowest BCUT2D eigenvalue weighted by Gasteiger charge is -2.40. The lowest BCUT2D eigenvalue weighted by Crippen LogP contribution is -2.45. The summed E-state index contributed by atoms with van der Waals surface area (Å²) >= 11 is 0. The number of hydrogen-bond donors (Lipinski definition) is 0. The molecule has 21 heavy (non-hydrogen) atoms. The van der Waals surface area contributed by atoms with Gasteiger partial charge in [0.05, 0.1) is 13.2 Å². The molecule has 0 spiro atoms. The Morgan fingerprint density at radius 3 is 2.10 bits per heavy atom. The first-order chi connectivity index (χ1) is 9.60. The van der Waals surface area contributed by atoms with Crippen molar-refractivity contribution in [2.45, 2.75) is 57.8 Å². The topological polar surface area (TPSA) is 35.5 Å². The third-order valence-corrected chi connectivity index (χ3v) is 8.94. The Morgan fingerprint density at radius 1 is 1.14 bits per heavy atom. The average Bonchev–Trinajstić information content (AvgIpc) is 2.38. The molecule has 1 aromatic rings. The molecule has 0 aromatic heterocycles. The Hall–Kier alpha value is -1.13. The first-order valence-electron chi connectivity index (χ1n) is 7.41. The maximum Gasteiger partial charge on any atom is 0.315 e. The number of carbonyl (C=O) groups excluding carboxylic acids is 1. The van der Waals surface area contributed by atoms with Gasteiger partial charge in [0, 0.05) is 0 Å². The van der Waals surface area contributed by atoms with Gasteiger partial charge >= 0.3 is 5.97 Å². The molecule has 1 rings (SSSR count). The van der Waals surface area contributed by atoms with E-state index in [2.05, 4.69) is 33.9 Å². The monoisotopic (exact) mass is 308 g/mol. The first-order valence-corrected chi connectivity index (χ1v) is 10.3. The van der Waals surface area contributed by atoms with Gasteiger partial charge in [-0.2, -0.15) is 0 Å². The number of benzene rings is 1. The van der Waals surface area contributed by atoms with Crippen LogP contribution in [0.5, 0.6) is 0 Å². The summed E-state index contributed by atoms with van der Waals surface area (Å²) in [6, 6.07) is 9.71. The fourth-order valence-corrected chi connectivity index (χ4v) is 3.51. The normalized spacial score (nSPS) is 15.4. The van der Waals surface area contributed by atoms with Crippen LogP contribution >= 0.6 is 0 Å². The van der Waals surface area contributed by atoms with E-state index in [0.717, 1.165) is 5.56 Å². The summed E-state index contributed by atoms with van der Waals surface area (Å²) in [6.45, 7) is 12.9. The molecule has 0 unspecified atom stereocenters. The van der Waals surface area contributed by atoms with E-state index in [1.807, 2.05) is 37.3 Å². The van der Waals surface area contributed by atoms with Gasteiger partial charge in [-0.05, 0) is 30.6 Å². The van der Waals surface area contributed by atoms with Crippen molar-refractivity contribution in [2.24, 2.45) is 0 Å². The highest BCUT2D eigenvalue weighted by atomic mass is 28.4. The zero-order valence-electron chi connectivity index (χ0n) is 14.3. The summed E-state index contributed by atoms with van der Waals surface area (Å²) in [4.78, 5) is 12.2. The van der Waals surface area contributed by atoms with E-state index in [4.69, 9.17) is 9.16 Å². The minimum absolute atomic E-state index is 0.110. The molecule has 1 aromatic carbocycles. The molecule has 4 heteroatoms. The molecule has 118 valence electrons. The van der Waals surface area contributed by atoms with Crippen LogP contribution in [0.15, 0.2) is 30.3 Å². The van der Waals surface area contributed by atoms with Crippen molar-refractivity contribution in [3.63, 3.8) is 0 Å². The van der Waals surface area contributed by atoms with Crippen molar-refractivity contribution in [1.82, 2.24) is 0 Å². The second-order valence-corrected chi connectivity index (χ2v) is 11.8. The standard InChI is InChI=1S/C17H28O3Si/c1-13(20-21(6,7)17(2,3)4)15(16(18)19-5)14-11-9-8-10-12-14/h8-13,15H,1-7H3/t13-,15-/m0/s1. The molecule has 0 aliphatic rings. The van der Waals surface area contributed by atoms with Crippen LogP contribution < -0.4 is 0 Å². The van der Waals surface area contributed by atoms with Gasteiger partial charge in [-0.15, -0.1) is 0 Å². The fourth-order valence-electron chi connectivity index (χ4n) is 2.10. The summed E-state index contributed by atoms with van der Waals surface area (Å²) in [5.41, 5.74) is 0.940. The van der Waals surface area contributed by atoms with E-state index in [1.165, 1.54) is 7.11 Å². The van der Waals surface area contributed by atoms with Crippen molar-refractivity contribution in [3.05, 3.63) is 35.9 Å². The zero-order valence-corrected chi connectivity index (χ0v) is 15.3. The predicted octanol–water partition coefficient (Wildman–Crippen LogP) is 4.35. The van der Waals surface area contributed by atoms with Crippen LogP contribution in [0.2, 0.25) is 18.1 Å². The zero-order chi connectivity index (χ0) is 16.3. The van der Waals surface area contributed by atoms with Crippen LogP contribution in [0.25, 0.3) is 0 Å². The largest absolute Gasteiger partial charge is 0.468 e. The smallest absolute Gasteiger partial charge is 0.315 e. The highest BCUT2D eigenvalue weighted by molar-refractivity contribution is 6.74. The molecule has 0 amide bonds. The van der Waals surface area contributed by atoms with E-state index in [9.17, 15) is 4.79 Å². The van der Waals surface area contributed by atoms with Gasteiger partial charge in [0.2, 0.25) is 0 Å². The molecule has 0 aliphatic heterocycles. The summed E-state index contributed by atoms with van der Waals surface area (Å²) in [7, 11) is -0.502. The molecule has 0 saturated heterocycles. The van der Waals surface area contributed by atoms with Crippen LogP contribution in [0.1, 0.15) is 39.2 Å². The molecule has 0 fully saturated rings. The van der Waals surface area contributed by atoms with Gasteiger partial charge in [-0.3, -0.25) is 4.79 Å². The summed E-state index contributed by atoms with van der Waals surface area (Å²) in [5, 5.41) is 0.110. The minimum Gasteiger partial charge on any atom is -0.468 e. The maximum absolute atomic E-state index is 12.2. The van der Waals surface area contributed by atoms with Gasteiger partial charge in [-0.25, -0.2) is 0 Å². The number of methoxy groups -OCH3 is 1. The Kier molecular flexibility index (Phi) is 5.76.